The van der Waals surface area contributed by atoms with Crippen molar-refractivity contribution in [3.8, 4) is 11.6 Å². The Morgan fingerprint density at radius 1 is 1.25 bits per heavy atom. The van der Waals surface area contributed by atoms with Gasteiger partial charge in [-0.15, -0.1) is 0 Å². The van der Waals surface area contributed by atoms with Crippen LogP contribution in [-0.4, -0.2) is 22.1 Å². The summed E-state index contributed by atoms with van der Waals surface area (Å²) >= 11 is 0. The van der Waals surface area contributed by atoms with E-state index in [-0.39, 0.29) is 6.61 Å². The Labute approximate surface area is 118 Å². The van der Waals surface area contributed by atoms with E-state index < -0.39 is 0 Å². The Morgan fingerprint density at radius 2 is 2.05 bits per heavy atom. The van der Waals surface area contributed by atoms with Crippen LogP contribution in [0, 0.1) is 0 Å². The molecule has 20 heavy (non-hydrogen) atoms. The third-order valence-electron chi connectivity index (χ3n) is 2.84. The number of benzene rings is 1. The maximum atomic E-state index is 9.31. The zero-order valence-electron chi connectivity index (χ0n) is 11.8. The van der Waals surface area contributed by atoms with Crippen molar-refractivity contribution in [2.45, 2.75) is 26.4 Å². The van der Waals surface area contributed by atoms with E-state index >= 15 is 0 Å². The first kappa shape index (κ1) is 14.3. The molecule has 0 saturated carbocycles. The third-order valence-corrected chi connectivity index (χ3v) is 2.84. The summed E-state index contributed by atoms with van der Waals surface area (Å²) in [5, 5.41) is 12.3. The highest BCUT2D eigenvalue weighted by Gasteiger charge is 2.08. The van der Waals surface area contributed by atoms with E-state index in [1.54, 1.807) is 6.07 Å². The highest BCUT2D eigenvalue weighted by atomic mass is 16.5. The van der Waals surface area contributed by atoms with Gasteiger partial charge in [0.1, 0.15) is 17.4 Å². The van der Waals surface area contributed by atoms with Gasteiger partial charge < -0.3 is 15.2 Å². The second-order valence-electron chi connectivity index (χ2n) is 4.38. The van der Waals surface area contributed by atoms with Crippen LogP contribution in [-0.2, 0) is 13.0 Å². The molecular formula is C15H19N3O2. The highest BCUT2D eigenvalue weighted by molar-refractivity contribution is 5.41. The molecule has 0 atom stereocenters. The Balaban J connectivity index is 2.30. The van der Waals surface area contributed by atoms with Gasteiger partial charge in [-0.1, -0.05) is 25.1 Å². The van der Waals surface area contributed by atoms with Gasteiger partial charge in [-0.3, -0.25) is 0 Å². The summed E-state index contributed by atoms with van der Waals surface area (Å²) in [6.07, 6.45) is 1.77. The lowest BCUT2D eigenvalue weighted by Gasteiger charge is -2.11. The van der Waals surface area contributed by atoms with Gasteiger partial charge in [-0.05, 0) is 12.5 Å². The van der Waals surface area contributed by atoms with E-state index in [2.05, 4.69) is 22.2 Å². The summed E-state index contributed by atoms with van der Waals surface area (Å²) in [6, 6.07) is 9.10. The number of aryl methyl sites for hydroxylation is 1. The van der Waals surface area contributed by atoms with Crippen molar-refractivity contribution in [3.63, 3.8) is 0 Å². The molecule has 0 aliphatic rings. The van der Waals surface area contributed by atoms with E-state index in [9.17, 15) is 5.11 Å². The second kappa shape index (κ2) is 6.86. The number of nitrogens with zero attached hydrogens (tertiary/aromatic N) is 2. The lowest BCUT2D eigenvalue weighted by atomic mass is 10.2. The number of aliphatic hydroxyl groups excluding tert-OH is 1. The van der Waals surface area contributed by atoms with Crippen molar-refractivity contribution in [1.29, 1.82) is 0 Å². The molecule has 0 aliphatic heterocycles. The third kappa shape index (κ3) is 3.45. The number of aromatic nitrogens is 2. The van der Waals surface area contributed by atoms with Gasteiger partial charge in [0, 0.05) is 25.1 Å². The van der Waals surface area contributed by atoms with E-state index in [4.69, 9.17) is 4.74 Å². The first-order chi connectivity index (χ1) is 9.76. The molecule has 0 radical (unpaired) electrons. The molecule has 0 unspecified atom stereocenters. The first-order valence-electron chi connectivity index (χ1n) is 6.69. The monoisotopic (exact) mass is 273 g/mol. The van der Waals surface area contributed by atoms with Crippen molar-refractivity contribution in [1.82, 2.24) is 9.97 Å². The number of aliphatic hydroxyl groups is 1. The maximum Gasteiger partial charge on any atom is 0.224 e. The largest absolute Gasteiger partial charge is 0.438 e. The fourth-order valence-corrected chi connectivity index (χ4v) is 1.84. The summed E-state index contributed by atoms with van der Waals surface area (Å²) in [6.45, 7) is 2.01. The van der Waals surface area contributed by atoms with Gasteiger partial charge in [0.15, 0.2) is 0 Å². The topological polar surface area (TPSA) is 67.3 Å². The van der Waals surface area contributed by atoms with Crippen molar-refractivity contribution in [3.05, 3.63) is 41.7 Å². The predicted molar refractivity (Wildman–Crippen MR) is 78.0 cm³/mol. The molecule has 0 aliphatic carbocycles. The Bertz CT molecular complexity index is 573. The van der Waals surface area contributed by atoms with Crippen molar-refractivity contribution in [2.75, 3.05) is 12.4 Å². The molecule has 106 valence electrons. The number of ether oxygens (including phenoxy) is 1. The minimum Gasteiger partial charge on any atom is -0.438 e. The van der Waals surface area contributed by atoms with Gasteiger partial charge >= 0.3 is 0 Å². The number of nitrogens with one attached hydrogen (secondary N) is 1. The Kier molecular flexibility index (Phi) is 4.90. The second-order valence-corrected chi connectivity index (χ2v) is 4.38. The zero-order chi connectivity index (χ0) is 14.4. The van der Waals surface area contributed by atoms with E-state index in [0.717, 1.165) is 30.0 Å². The zero-order valence-corrected chi connectivity index (χ0v) is 11.8. The number of hydrogen-bond acceptors (Lipinski definition) is 5. The van der Waals surface area contributed by atoms with Crippen LogP contribution in [0.4, 0.5) is 5.82 Å². The van der Waals surface area contributed by atoms with Crippen LogP contribution in [0.5, 0.6) is 11.6 Å². The SMILES string of the molecule is CCCc1nc(NC)cc(Oc2ccccc2CO)n1. The van der Waals surface area contributed by atoms with Crippen LogP contribution in [0.2, 0.25) is 0 Å². The predicted octanol–water partition coefficient (Wildman–Crippen LogP) is 2.76. The number of para-hydroxylation sites is 1. The first-order valence-corrected chi connectivity index (χ1v) is 6.69. The smallest absolute Gasteiger partial charge is 0.224 e. The fraction of sp³-hybridized carbons (Fsp3) is 0.333. The molecule has 5 heteroatoms. The highest BCUT2D eigenvalue weighted by Crippen LogP contribution is 2.25. The van der Waals surface area contributed by atoms with E-state index in [1.165, 1.54) is 0 Å². The molecule has 1 aromatic heterocycles. The molecule has 0 fully saturated rings. The van der Waals surface area contributed by atoms with Gasteiger partial charge in [-0.25, -0.2) is 4.98 Å². The fourth-order valence-electron chi connectivity index (χ4n) is 1.84. The van der Waals surface area contributed by atoms with E-state index in [1.807, 2.05) is 31.3 Å². The molecule has 0 spiro atoms. The molecule has 2 aromatic rings. The van der Waals surface area contributed by atoms with E-state index in [0.29, 0.717) is 11.6 Å². The summed E-state index contributed by atoms with van der Waals surface area (Å²) in [5.74, 6) is 2.56. The summed E-state index contributed by atoms with van der Waals surface area (Å²) in [7, 11) is 1.81. The Morgan fingerprint density at radius 3 is 2.75 bits per heavy atom. The standard InChI is InChI=1S/C15H19N3O2/c1-3-6-13-17-14(16-2)9-15(18-13)20-12-8-5-4-7-11(12)10-19/h4-5,7-9,19H,3,6,10H2,1-2H3,(H,16,17,18). The average Bonchev–Trinajstić information content (AvgIpc) is 2.48. The number of hydrogen-bond donors (Lipinski definition) is 2. The minimum atomic E-state index is -0.0675. The van der Waals surface area contributed by atoms with Crippen LogP contribution in [0.1, 0.15) is 24.7 Å². The molecular weight excluding hydrogens is 254 g/mol. The molecule has 1 aromatic carbocycles. The molecule has 1 heterocycles. The van der Waals surface area contributed by atoms with Gasteiger partial charge in [0.2, 0.25) is 5.88 Å². The van der Waals surface area contributed by atoms with Crippen LogP contribution >= 0.6 is 0 Å². The normalized spacial score (nSPS) is 10.3. The molecule has 0 saturated heterocycles. The summed E-state index contributed by atoms with van der Waals surface area (Å²) in [5.41, 5.74) is 0.731. The van der Waals surface area contributed by atoms with Crippen LogP contribution in [0.15, 0.2) is 30.3 Å². The van der Waals surface area contributed by atoms with Crippen molar-refractivity contribution >= 4 is 5.82 Å². The van der Waals surface area contributed by atoms with Crippen LogP contribution in [0.25, 0.3) is 0 Å². The summed E-state index contributed by atoms with van der Waals surface area (Å²) < 4.78 is 5.78. The molecule has 2 N–H and O–H groups in total. The van der Waals surface area contributed by atoms with Crippen molar-refractivity contribution in [2.24, 2.45) is 0 Å². The Hall–Kier alpha value is -2.14. The van der Waals surface area contributed by atoms with Gasteiger partial charge in [-0.2, -0.15) is 4.98 Å². The van der Waals surface area contributed by atoms with Gasteiger partial charge in [0.05, 0.1) is 6.61 Å². The maximum absolute atomic E-state index is 9.31. The molecule has 0 amide bonds. The number of rotatable bonds is 6. The lowest BCUT2D eigenvalue weighted by molar-refractivity contribution is 0.276. The van der Waals surface area contributed by atoms with Gasteiger partial charge in [0.25, 0.3) is 0 Å². The van der Waals surface area contributed by atoms with Crippen molar-refractivity contribution < 1.29 is 9.84 Å². The quantitative estimate of drug-likeness (QED) is 0.847. The lowest BCUT2D eigenvalue weighted by Crippen LogP contribution is -2.02. The molecule has 5 nitrogen and oxygen atoms in total. The van der Waals surface area contributed by atoms with Crippen LogP contribution in [0.3, 0.4) is 0 Å². The van der Waals surface area contributed by atoms with Crippen LogP contribution < -0.4 is 10.1 Å². The molecule has 0 bridgehead atoms. The molecule has 2 rings (SSSR count). The minimum absolute atomic E-state index is 0.0675. The number of anilines is 1. The average molecular weight is 273 g/mol. The summed E-state index contributed by atoms with van der Waals surface area (Å²) in [4.78, 5) is 8.76.